The van der Waals surface area contributed by atoms with Crippen molar-refractivity contribution in [3.63, 3.8) is 0 Å². The van der Waals surface area contributed by atoms with Crippen molar-refractivity contribution in [1.29, 1.82) is 0 Å². The summed E-state index contributed by atoms with van der Waals surface area (Å²) in [6.07, 6.45) is 1.93. The fourth-order valence-corrected chi connectivity index (χ4v) is 9.61. The van der Waals surface area contributed by atoms with Crippen molar-refractivity contribution in [3.05, 3.63) is 160 Å². The number of fused-ring (bicyclic) bond motifs is 4. The number of aromatic nitrogens is 2. The Morgan fingerprint density at radius 2 is 1.12 bits per heavy atom. The number of hydrogen-bond acceptors (Lipinski definition) is 4. The van der Waals surface area contributed by atoms with Crippen molar-refractivity contribution in [2.24, 2.45) is 0 Å². The van der Waals surface area contributed by atoms with Crippen LogP contribution in [-0.4, -0.2) is 15.1 Å². The molecule has 0 saturated heterocycles. The lowest BCUT2D eigenvalue weighted by molar-refractivity contribution is 0.446. The van der Waals surface area contributed by atoms with Crippen molar-refractivity contribution in [3.8, 4) is 38.6 Å². The highest BCUT2D eigenvalue weighted by Crippen LogP contribution is 2.57. The smallest absolute Gasteiger partial charge is 0.129 e. The lowest BCUT2D eigenvalue weighted by Gasteiger charge is -2.33. The summed E-state index contributed by atoms with van der Waals surface area (Å²) in [6.45, 7) is 26.9. The number of phenols is 1. The molecule has 0 radical (unpaired) electrons. The number of rotatable bonds is 4. The van der Waals surface area contributed by atoms with Crippen LogP contribution in [0.5, 0.6) is 5.75 Å². The van der Waals surface area contributed by atoms with Gasteiger partial charge in [-0.1, -0.05) is 162 Å². The zero-order valence-electron chi connectivity index (χ0n) is 35.7. The van der Waals surface area contributed by atoms with E-state index in [1.54, 1.807) is 11.3 Å². The van der Waals surface area contributed by atoms with Gasteiger partial charge in [0.1, 0.15) is 10.8 Å². The Labute approximate surface area is 343 Å². The van der Waals surface area contributed by atoms with Crippen LogP contribution in [0.2, 0.25) is 0 Å². The van der Waals surface area contributed by atoms with Crippen LogP contribution in [0, 0.1) is 0 Å². The molecule has 0 bridgehead atoms. The van der Waals surface area contributed by atoms with E-state index < -0.39 is 5.41 Å². The summed E-state index contributed by atoms with van der Waals surface area (Å²) >= 11 is 1.64. The van der Waals surface area contributed by atoms with E-state index in [1.807, 2.05) is 12.3 Å². The van der Waals surface area contributed by atoms with Gasteiger partial charge in [0, 0.05) is 17.3 Å². The van der Waals surface area contributed by atoms with Gasteiger partial charge in [0.2, 0.25) is 0 Å². The third-order valence-electron chi connectivity index (χ3n) is 12.0. The van der Waals surface area contributed by atoms with Gasteiger partial charge in [0.25, 0.3) is 0 Å². The van der Waals surface area contributed by atoms with E-state index in [1.165, 1.54) is 44.5 Å². The third kappa shape index (κ3) is 6.51. The molecular formula is C53H56N2OS. The van der Waals surface area contributed by atoms with Gasteiger partial charge >= 0.3 is 0 Å². The Balaban J connectivity index is 1.37. The highest BCUT2D eigenvalue weighted by molar-refractivity contribution is 7.21. The molecule has 1 N–H and O–H groups in total. The maximum Gasteiger partial charge on any atom is 0.129 e. The first-order valence-corrected chi connectivity index (χ1v) is 21.1. The van der Waals surface area contributed by atoms with E-state index in [0.717, 1.165) is 43.2 Å². The summed E-state index contributed by atoms with van der Waals surface area (Å²) in [6, 6.07) is 40.4. The van der Waals surface area contributed by atoms with Crippen molar-refractivity contribution >= 4 is 21.6 Å². The minimum Gasteiger partial charge on any atom is -0.507 e. The van der Waals surface area contributed by atoms with Crippen LogP contribution in [-0.2, 0) is 27.1 Å². The van der Waals surface area contributed by atoms with E-state index >= 15 is 0 Å². The molecule has 0 aliphatic heterocycles. The summed E-state index contributed by atoms with van der Waals surface area (Å²) in [5.74, 6) is 0.318. The molecule has 4 heteroatoms. The summed E-state index contributed by atoms with van der Waals surface area (Å²) in [7, 11) is 0. The number of nitrogens with zero attached hydrogens (tertiary/aromatic N) is 2. The topological polar surface area (TPSA) is 46.0 Å². The summed E-state index contributed by atoms with van der Waals surface area (Å²) < 4.78 is 1.09. The fourth-order valence-electron chi connectivity index (χ4n) is 8.60. The number of benzene rings is 5. The molecule has 57 heavy (non-hydrogen) atoms. The zero-order valence-corrected chi connectivity index (χ0v) is 36.5. The average molecular weight is 769 g/mol. The van der Waals surface area contributed by atoms with Crippen LogP contribution in [0.15, 0.2) is 115 Å². The molecular weight excluding hydrogens is 713 g/mol. The molecule has 0 saturated carbocycles. The summed E-state index contributed by atoms with van der Waals surface area (Å²) in [5, 5.41) is 12.6. The van der Waals surface area contributed by atoms with Crippen molar-refractivity contribution in [2.75, 3.05) is 0 Å². The zero-order chi connectivity index (χ0) is 40.9. The molecule has 2 heterocycles. The largest absolute Gasteiger partial charge is 0.507 e. The molecule has 290 valence electrons. The number of aromatic hydroxyl groups is 1. The highest BCUT2D eigenvalue weighted by atomic mass is 32.1. The molecule has 7 aromatic rings. The number of para-hydroxylation sites is 1. The van der Waals surface area contributed by atoms with Crippen LogP contribution in [0.1, 0.15) is 128 Å². The van der Waals surface area contributed by atoms with E-state index in [9.17, 15) is 5.11 Å². The molecule has 0 atom stereocenters. The van der Waals surface area contributed by atoms with Gasteiger partial charge in [-0.15, -0.1) is 11.3 Å². The number of hydrogen-bond donors (Lipinski definition) is 1. The maximum atomic E-state index is 11.8. The molecule has 8 rings (SSSR count). The second-order valence-corrected chi connectivity index (χ2v) is 21.2. The Morgan fingerprint density at radius 1 is 0.526 bits per heavy atom. The van der Waals surface area contributed by atoms with Gasteiger partial charge in [-0.25, -0.2) is 4.98 Å². The predicted molar refractivity (Wildman–Crippen MR) is 242 cm³/mol. The van der Waals surface area contributed by atoms with Crippen molar-refractivity contribution in [1.82, 2.24) is 9.97 Å². The first kappa shape index (κ1) is 38.8. The number of phenolic OH excluding ortho intramolecular Hbond substituents is 1. The molecule has 3 nitrogen and oxygen atoms in total. The Bertz CT molecular complexity index is 2610. The first-order chi connectivity index (χ1) is 26.7. The Hall–Kier alpha value is -5.06. The van der Waals surface area contributed by atoms with E-state index in [0.29, 0.717) is 5.75 Å². The Kier molecular flexibility index (Phi) is 9.01. The highest BCUT2D eigenvalue weighted by Gasteiger charge is 2.48. The SMILES string of the molecule is CC(C)(C)c1ccc2c(c1)-c1cc(C(C)(C)C)ccc1C2(c1cccc(-c2cccc3sc(-c4cc(C(C)(C)C)cc(C(C)(C)C)c4O)nc23)c1)c1ccccn1. The van der Waals surface area contributed by atoms with E-state index in [4.69, 9.17) is 9.97 Å². The molecule has 1 aliphatic rings. The quantitative estimate of drug-likeness (QED) is 0.194. The summed E-state index contributed by atoms with van der Waals surface area (Å²) in [4.78, 5) is 10.5. The molecule has 1 aliphatic carbocycles. The van der Waals surface area contributed by atoms with Gasteiger partial charge in [-0.2, -0.15) is 0 Å². The van der Waals surface area contributed by atoms with E-state index in [-0.39, 0.29) is 21.7 Å². The lowest BCUT2D eigenvalue weighted by Crippen LogP contribution is -2.30. The van der Waals surface area contributed by atoms with Crippen LogP contribution in [0.25, 0.3) is 43.0 Å². The predicted octanol–water partition coefficient (Wildman–Crippen LogP) is 14.3. The second-order valence-electron chi connectivity index (χ2n) is 20.2. The minimum atomic E-state index is -0.640. The molecule has 0 amide bonds. The lowest BCUT2D eigenvalue weighted by atomic mass is 9.68. The minimum absolute atomic E-state index is 0.00275. The van der Waals surface area contributed by atoms with Crippen LogP contribution >= 0.6 is 11.3 Å². The number of thiazole rings is 1. The fraction of sp³-hybridized carbons (Fsp3) is 0.321. The number of pyridine rings is 1. The van der Waals surface area contributed by atoms with Gasteiger partial charge < -0.3 is 5.11 Å². The molecule has 0 fully saturated rings. The average Bonchev–Trinajstić information content (AvgIpc) is 3.71. The van der Waals surface area contributed by atoms with Crippen LogP contribution in [0.3, 0.4) is 0 Å². The van der Waals surface area contributed by atoms with Crippen molar-refractivity contribution < 1.29 is 5.11 Å². The van der Waals surface area contributed by atoms with Gasteiger partial charge in [0.15, 0.2) is 0 Å². The monoisotopic (exact) mass is 768 g/mol. The maximum absolute atomic E-state index is 11.8. The third-order valence-corrected chi connectivity index (χ3v) is 13.0. The second kappa shape index (κ2) is 13.2. The van der Waals surface area contributed by atoms with Crippen LogP contribution in [0.4, 0.5) is 0 Å². The van der Waals surface area contributed by atoms with Crippen LogP contribution < -0.4 is 0 Å². The van der Waals surface area contributed by atoms with Gasteiger partial charge in [-0.3, -0.25) is 4.98 Å². The summed E-state index contributed by atoms with van der Waals surface area (Å²) in [5.41, 5.74) is 14.9. The molecule has 2 aromatic heterocycles. The molecule has 5 aromatic carbocycles. The van der Waals surface area contributed by atoms with Gasteiger partial charge in [-0.05, 0) is 102 Å². The first-order valence-electron chi connectivity index (χ1n) is 20.3. The normalized spacial score (nSPS) is 14.2. The molecule has 0 unspecified atom stereocenters. The van der Waals surface area contributed by atoms with Gasteiger partial charge in [0.05, 0.1) is 26.9 Å². The van der Waals surface area contributed by atoms with E-state index in [2.05, 4.69) is 186 Å². The van der Waals surface area contributed by atoms with Crippen molar-refractivity contribution in [2.45, 2.75) is 110 Å². The standard InChI is InChI=1S/C53H56N2OS/c1-49(2,3)33-22-24-41-38(28-33)39-29-34(50(4,5)6)23-25-42(39)53(41,45-21-13-14-26-54-45)35-18-15-17-32(27-35)37-19-16-20-44-46(37)55-48(57-44)40-30-36(51(7,8)9)31-43(47(40)56)52(10,11)12/h13-31,56H,1-12H3. The molecule has 0 spiro atoms. The Morgan fingerprint density at radius 3 is 1.68 bits per heavy atom.